The van der Waals surface area contributed by atoms with Crippen LogP contribution >= 0.6 is 0 Å². The number of nitrogens with zero attached hydrogens (tertiary/aromatic N) is 1. The summed E-state index contributed by atoms with van der Waals surface area (Å²) in [7, 11) is 0. The van der Waals surface area contributed by atoms with Crippen molar-refractivity contribution in [3.05, 3.63) is 0 Å². The van der Waals surface area contributed by atoms with Gasteiger partial charge >= 0.3 is 5.97 Å². The van der Waals surface area contributed by atoms with E-state index in [2.05, 4.69) is 11.8 Å². The third-order valence-corrected chi connectivity index (χ3v) is 3.75. The summed E-state index contributed by atoms with van der Waals surface area (Å²) in [5, 5.41) is 9.43. The van der Waals surface area contributed by atoms with Gasteiger partial charge in [0.25, 0.3) is 0 Å². The second kappa shape index (κ2) is 4.72. The van der Waals surface area contributed by atoms with Crippen LogP contribution in [0.4, 0.5) is 0 Å². The molecule has 1 atom stereocenters. The third-order valence-electron chi connectivity index (χ3n) is 3.75. The zero-order valence-electron chi connectivity index (χ0n) is 9.95. The number of carboxylic acids is 1. The molecule has 4 nitrogen and oxygen atoms in total. The molecule has 1 heterocycles. The predicted octanol–water partition coefficient (Wildman–Crippen LogP) is 1.35. The molecule has 0 amide bonds. The van der Waals surface area contributed by atoms with Crippen molar-refractivity contribution in [1.82, 2.24) is 4.90 Å². The highest BCUT2D eigenvalue weighted by Crippen LogP contribution is 2.34. The van der Waals surface area contributed by atoms with E-state index in [-0.39, 0.29) is 0 Å². The van der Waals surface area contributed by atoms with Gasteiger partial charge in [0.1, 0.15) is 5.41 Å². The maximum absolute atomic E-state index is 11.5. The van der Waals surface area contributed by atoms with Crippen LogP contribution in [0.15, 0.2) is 0 Å². The normalized spacial score (nSPS) is 30.6. The lowest BCUT2D eigenvalue weighted by molar-refractivity contribution is -0.159. The van der Waals surface area contributed by atoms with E-state index in [1.807, 2.05) is 0 Å². The summed E-state index contributed by atoms with van der Waals surface area (Å²) in [4.78, 5) is 13.8. The van der Waals surface area contributed by atoms with Gasteiger partial charge in [-0.25, -0.2) is 0 Å². The summed E-state index contributed by atoms with van der Waals surface area (Å²) in [5.41, 5.74) is -0.656. The Morgan fingerprint density at radius 2 is 2.31 bits per heavy atom. The molecule has 1 saturated heterocycles. The van der Waals surface area contributed by atoms with Gasteiger partial charge in [0.05, 0.1) is 6.61 Å². The summed E-state index contributed by atoms with van der Waals surface area (Å²) in [6, 6.07) is 0.628. The molecule has 1 N–H and O–H groups in total. The first-order chi connectivity index (χ1) is 7.68. The molecule has 1 aliphatic carbocycles. The molecule has 92 valence electrons. The zero-order valence-corrected chi connectivity index (χ0v) is 9.95. The maximum atomic E-state index is 11.5. The zero-order chi connectivity index (χ0) is 11.6. The first-order valence-electron chi connectivity index (χ1n) is 6.23. The lowest BCUT2D eigenvalue weighted by Crippen LogP contribution is -2.49. The Bertz CT molecular complexity index is 257. The van der Waals surface area contributed by atoms with Crippen molar-refractivity contribution in [1.29, 1.82) is 0 Å². The summed E-state index contributed by atoms with van der Waals surface area (Å²) < 4.78 is 5.38. The number of aliphatic carboxylic acids is 1. The number of carboxylic acid groups (broad SMARTS) is 1. The molecule has 0 aromatic heterocycles. The number of rotatable bonds is 5. The van der Waals surface area contributed by atoms with Gasteiger partial charge in [-0.3, -0.25) is 9.69 Å². The van der Waals surface area contributed by atoms with Crippen LogP contribution in [0.2, 0.25) is 0 Å². The van der Waals surface area contributed by atoms with Crippen molar-refractivity contribution in [3.63, 3.8) is 0 Å². The highest BCUT2D eigenvalue weighted by molar-refractivity contribution is 5.75. The van der Waals surface area contributed by atoms with Crippen LogP contribution in [0.25, 0.3) is 0 Å². The van der Waals surface area contributed by atoms with Crippen molar-refractivity contribution in [2.45, 2.75) is 38.6 Å². The first kappa shape index (κ1) is 11.9. The molecule has 1 aliphatic heterocycles. The number of hydrogen-bond donors (Lipinski definition) is 1. The van der Waals surface area contributed by atoms with Gasteiger partial charge in [-0.05, 0) is 32.2 Å². The van der Waals surface area contributed by atoms with Gasteiger partial charge in [0.2, 0.25) is 0 Å². The van der Waals surface area contributed by atoms with E-state index in [0.717, 1.165) is 19.4 Å². The monoisotopic (exact) mass is 227 g/mol. The molecule has 2 fully saturated rings. The molecule has 0 aromatic rings. The SMILES string of the molecule is CCN(CC1(C(=O)O)CCCOC1)C1CC1. The van der Waals surface area contributed by atoms with E-state index in [0.29, 0.717) is 25.8 Å². The molecule has 4 heteroatoms. The van der Waals surface area contributed by atoms with E-state index in [1.54, 1.807) is 0 Å². The lowest BCUT2D eigenvalue weighted by Gasteiger charge is -2.37. The van der Waals surface area contributed by atoms with Crippen molar-refractivity contribution in [2.75, 3.05) is 26.3 Å². The summed E-state index contributed by atoms with van der Waals surface area (Å²) >= 11 is 0. The van der Waals surface area contributed by atoms with Crippen molar-refractivity contribution < 1.29 is 14.6 Å². The molecular weight excluding hydrogens is 206 g/mol. The quantitative estimate of drug-likeness (QED) is 0.770. The minimum atomic E-state index is -0.689. The fraction of sp³-hybridized carbons (Fsp3) is 0.917. The highest BCUT2D eigenvalue weighted by Gasteiger charge is 2.44. The van der Waals surface area contributed by atoms with Gasteiger partial charge < -0.3 is 9.84 Å². The molecule has 16 heavy (non-hydrogen) atoms. The molecule has 0 radical (unpaired) electrons. The standard InChI is InChI=1S/C12H21NO3/c1-2-13(10-4-5-10)8-12(11(14)15)6-3-7-16-9-12/h10H,2-9H2,1H3,(H,14,15). The lowest BCUT2D eigenvalue weighted by atomic mass is 9.82. The molecule has 0 aromatic carbocycles. The smallest absolute Gasteiger partial charge is 0.313 e. The van der Waals surface area contributed by atoms with Gasteiger partial charge in [0, 0.05) is 19.2 Å². The van der Waals surface area contributed by atoms with Gasteiger partial charge in [-0.2, -0.15) is 0 Å². The minimum absolute atomic E-state index is 0.381. The van der Waals surface area contributed by atoms with Crippen LogP contribution in [0, 0.1) is 5.41 Å². The minimum Gasteiger partial charge on any atom is -0.481 e. The average Bonchev–Trinajstić information content (AvgIpc) is 3.11. The third kappa shape index (κ3) is 2.38. The summed E-state index contributed by atoms with van der Waals surface area (Å²) in [6.07, 6.45) is 4.08. The molecule has 1 unspecified atom stereocenters. The molecular formula is C12H21NO3. The van der Waals surface area contributed by atoms with Crippen LogP contribution in [0.1, 0.15) is 32.6 Å². The average molecular weight is 227 g/mol. The van der Waals surface area contributed by atoms with Gasteiger partial charge in [-0.15, -0.1) is 0 Å². The van der Waals surface area contributed by atoms with Crippen molar-refractivity contribution in [2.24, 2.45) is 5.41 Å². The van der Waals surface area contributed by atoms with Crippen molar-refractivity contribution >= 4 is 5.97 Å². The van der Waals surface area contributed by atoms with Crippen LogP contribution in [-0.4, -0.2) is 48.3 Å². The van der Waals surface area contributed by atoms with E-state index >= 15 is 0 Å². The van der Waals surface area contributed by atoms with E-state index in [4.69, 9.17) is 4.74 Å². The second-order valence-corrected chi connectivity index (χ2v) is 5.04. The number of ether oxygens (including phenoxy) is 1. The Labute approximate surface area is 96.6 Å². The first-order valence-corrected chi connectivity index (χ1v) is 6.23. The van der Waals surface area contributed by atoms with E-state index in [9.17, 15) is 9.90 Å². The summed E-state index contributed by atoms with van der Waals surface area (Å²) in [6.45, 7) is 4.80. The number of carbonyl (C=O) groups is 1. The maximum Gasteiger partial charge on any atom is 0.313 e. The van der Waals surface area contributed by atoms with Gasteiger partial charge in [-0.1, -0.05) is 6.92 Å². The molecule has 2 rings (SSSR count). The van der Waals surface area contributed by atoms with Crippen LogP contribution in [0.5, 0.6) is 0 Å². The van der Waals surface area contributed by atoms with E-state index < -0.39 is 11.4 Å². The predicted molar refractivity (Wildman–Crippen MR) is 60.4 cm³/mol. The molecule has 2 aliphatic rings. The Kier molecular flexibility index (Phi) is 3.50. The molecule has 1 saturated carbocycles. The second-order valence-electron chi connectivity index (χ2n) is 5.04. The van der Waals surface area contributed by atoms with E-state index in [1.165, 1.54) is 12.8 Å². The van der Waals surface area contributed by atoms with Crippen LogP contribution in [-0.2, 0) is 9.53 Å². The van der Waals surface area contributed by atoms with Crippen LogP contribution < -0.4 is 0 Å². The Morgan fingerprint density at radius 1 is 1.56 bits per heavy atom. The highest BCUT2D eigenvalue weighted by atomic mass is 16.5. The Balaban J connectivity index is 2.03. The fourth-order valence-electron chi connectivity index (χ4n) is 2.54. The Morgan fingerprint density at radius 3 is 2.75 bits per heavy atom. The number of hydrogen-bond acceptors (Lipinski definition) is 3. The Hall–Kier alpha value is -0.610. The molecule has 0 spiro atoms. The largest absolute Gasteiger partial charge is 0.481 e. The van der Waals surface area contributed by atoms with Crippen molar-refractivity contribution in [3.8, 4) is 0 Å². The van der Waals surface area contributed by atoms with Gasteiger partial charge in [0.15, 0.2) is 0 Å². The molecule has 0 bridgehead atoms. The fourth-order valence-corrected chi connectivity index (χ4v) is 2.54. The topological polar surface area (TPSA) is 49.8 Å². The van der Waals surface area contributed by atoms with Crippen LogP contribution in [0.3, 0.4) is 0 Å². The summed E-state index contributed by atoms with van der Waals surface area (Å²) in [5.74, 6) is -0.689.